The first kappa shape index (κ1) is 20.2. The standard InChI is InChI=1S/C18H25N3O4/c1-5-12(2)19-16(22)13(3)20-17(23)14(4)21-18(24)25-11-15-9-7-6-8-10-15/h5-10,12-14H,1,11H2,2-4H3,(H,19,22)(H,20,23)(H,21,24)/t12-,13-,14-/m0/s1. The minimum Gasteiger partial charge on any atom is -0.445 e. The Morgan fingerprint density at radius 3 is 2.16 bits per heavy atom. The lowest BCUT2D eigenvalue weighted by Crippen LogP contribution is -2.52. The summed E-state index contributed by atoms with van der Waals surface area (Å²) >= 11 is 0. The topological polar surface area (TPSA) is 96.5 Å². The highest BCUT2D eigenvalue weighted by molar-refractivity contribution is 5.90. The van der Waals surface area contributed by atoms with Crippen LogP contribution in [-0.2, 0) is 20.9 Å². The number of hydrogen-bond donors (Lipinski definition) is 3. The number of benzene rings is 1. The highest BCUT2D eigenvalue weighted by Gasteiger charge is 2.21. The van der Waals surface area contributed by atoms with Gasteiger partial charge in [-0.2, -0.15) is 0 Å². The van der Waals surface area contributed by atoms with Crippen LogP contribution >= 0.6 is 0 Å². The van der Waals surface area contributed by atoms with E-state index in [2.05, 4.69) is 22.5 Å². The van der Waals surface area contributed by atoms with Gasteiger partial charge in [0.2, 0.25) is 11.8 Å². The van der Waals surface area contributed by atoms with Gasteiger partial charge in [-0.1, -0.05) is 36.4 Å². The molecule has 3 atom stereocenters. The molecule has 7 heteroatoms. The van der Waals surface area contributed by atoms with Crippen molar-refractivity contribution in [3.63, 3.8) is 0 Å². The summed E-state index contributed by atoms with van der Waals surface area (Å²) in [5, 5.41) is 7.63. The predicted molar refractivity (Wildman–Crippen MR) is 94.6 cm³/mol. The van der Waals surface area contributed by atoms with Gasteiger partial charge in [0.15, 0.2) is 0 Å². The number of nitrogens with one attached hydrogen (secondary N) is 3. The lowest BCUT2D eigenvalue weighted by Gasteiger charge is -2.19. The van der Waals surface area contributed by atoms with Crippen molar-refractivity contribution in [1.82, 2.24) is 16.0 Å². The molecule has 3 N–H and O–H groups in total. The Hall–Kier alpha value is -2.83. The number of alkyl carbamates (subject to hydrolysis) is 1. The van der Waals surface area contributed by atoms with Crippen molar-refractivity contribution in [2.45, 2.75) is 45.5 Å². The zero-order valence-electron chi connectivity index (χ0n) is 14.7. The highest BCUT2D eigenvalue weighted by atomic mass is 16.5. The molecule has 0 heterocycles. The van der Waals surface area contributed by atoms with E-state index in [0.29, 0.717) is 0 Å². The van der Waals surface area contributed by atoms with E-state index in [1.54, 1.807) is 19.9 Å². The Balaban J connectivity index is 2.38. The minimum absolute atomic E-state index is 0.110. The van der Waals surface area contributed by atoms with Crippen LogP contribution in [0, 0.1) is 0 Å². The summed E-state index contributed by atoms with van der Waals surface area (Å²) in [5.41, 5.74) is 0.844. The first-order valence-electron chi connectivity index (χ1n) is 8.04. The van der Waals surface area contributed by atoms with Crippen LogP contribution < -0.4 is 16.0 Å². The van der Waals surface area contributed by atoms with E-state index in [0.717, 1.165) is 5.56 Å². The fraction of sp³-hybridized carbons (Fsp3) is 0.389. The Bertz CT molecular complexity index is 604. The van der Waals surface area contributed by atoms with E-state index >= 15 is 0 Å². The molecule has 0 saturated carbocycles. The molecule has 1 aromatic carbocycles. The number of hydrogen-bond acceptors (Lipinski definition) is 4. The molecule has 1 rings (SSSR count). The third kappa shape index (κ3) is 7.52. The monoisotopic (exact) mass is 347 g/mol. The first-order chi connectivity index (χ1) is 11.8. The number of carbonyl (C=O) groups is 3. The molecule has 0 radical (unpaired) electrons. The lowest BCUT2D eigenvalue weighted by atomic mass is 10.2. The van der Waals surface area contributed by atoms with Crippen LogP contribution in [0.2, 0.25) is 0 Å². The number of amides is 3. The molecule has 0 aliphatic heterocycles. The van der Waals surface area contributed by atoms with Crippen LogP contribution in [0.25, 0.3) is 0 Å². The van der Waals surface area contributed by atoms with Crippen LogP contribution in [0.1, 0.15) is 26.3 Å². The molecule has 0 aliphatic rings. The zero-order valence-corrected chi connectivity index (χ0v) is 14.7. The Labute approximate surface area is 147 Å². The first-order valence-corrected chi connectivity index (χ1v) is 8.04. The van der Waals surface area contributed by atoms with E-state index < -0.39 is 24.1 Å². The molecule has 0 saturated heterocycles. The van der Waals surface area contributed by atoms with Gasteiger partial charge >= 0.3 is 6.09 Å². The van der Waals surface area contributed by atoms with E-state index in [4.69, 9.17) is 4.74 Å². The summed E-state index contributed by atoms with van der Waals surface area (Å²) in [7, 11) is 0. The van der Waals surface area contributed by atoms with Gasteiger partial charge in [-0.15, -0.1) is 6.58 Å². The Kier molecular flexibility index (Phi) is 8.18. The predicted octanol–water partition coefficient (Wildman–Crippen LogP) is 1.50. The van der Waals surface area contributed by atoms with Gasteiger partial charge in [-0.25, -0.2) is 4.79 Å². The summed E-state index contributed by atoms with van der Waals surface area (Å²) in [6, 6.07) is 7.43. The van der Waals surface area contributed by atoms with E-state index in [1.165, 1.54) is 6.92 Å². The average Bonchev–Trinajstić information content (AvgIpc) is 2.60. The average molecular weight is 347 g/mol. The van der Waals surface area contributed by atoms with E-state index in [9.17, 15) is 14.4 Å². The number of carbonyl (C=O) groups excluding carboxylic acids is 3. The molecule has 0 aliphatic carbocycles. The van der Waals surface area contributed by atoms with Crippen molar-refractivity contribution in [3.8, 4) is 0 Å². The molecule has 0 unspecified atom stereocenters. The molecular formula is C18H25N3O4. The van der Waals surface area contributed by atoms with Gasteiger partial charge in [-0.05, 0) is 26.3 Å². The van der Waals surface area contributed by atoms with E-state index in [1.807, 2.05) is 30.3 Å². The summed E-state index contributed by atoms with van der Waals surface area (Å²) < 4.78 is 5.05. The second-order valence-electron chi connectivity index (χ2n) is 5.69. The smallest absolute Gasteiger partial charge is 0.408 e. The Morgan fingerprint density at radius 2 is 1.56 bits per heavy atom. The molecule has 1 aromatic rings. The molecule has 0 bridgehead atoms. The van der Waals surface area contributed by atoms with Gasteiger partial charge in [0.05, 0.1) is 0 Å². The maximum absolute atomic E-state index is 12.0. The van der Waals surface area contributed by atoms with Gasteiger partial charge in [0, 0.05) is 6.04 Å². The third-order valence-electron chi connectivity index (χ3n) is 3.42. The molecule has 25 heavy (non-hydrogen) atoms. The van der Waals surface area contributed by atoms with Crippen LogP contribution in [0.4, 0.5) is 4.79 Å². The summed E-state index contributed by atoms with van der Waals surface area (Å²) in [6.45, 7) is 8.52. The second-order valence-corrected chi connectivity index (χ2v) is 5.69. The van der Waals surface area contributed by atoms with Crippen molar-refractivity contribution in [2.75, 3.05) is 0 Å². The molecule has 7 nitrogen and oxygen atoms in total. The van der Waals surface area contributed by atoms with Crippen LogP contribution in [-0.4, -0.2) is 36.0 Å². The maximum Gasteiger partial charge on any atom is 0.408 e. The number of ether oxygens (including phenoxy) is 1. The van der Waals surface area contributed by atoms with Crippen LogP contribution in [0.3, 0.4) is 0 Å². The molecule has 136 valence electrons. The molecular weight excluding hydrogens is 322 g/mol. The summed E-state index contributed by atoms with van der Waals surface area (Å²) in [4.78, 5) is 35.6. The molecule has 0 fully saturated rings. The summed E-state index contributed by atoms with van der Waals surface area (Å²) in [6.07, 6.45) is 0.878. The quantitative estimate of drug-likeness (QED) is 0.621. The van der Waals surface area contributed by atoms with Gasteiger partial charge in [0.25, 0.3) is 0 Å². The van der Waals surface area contributed by atoms with Crippen LogP contribution in [0.15, 0.2) is 43.0 Å². The normalized spacial score (nSPS) is 13.7. The fourth-order valence-electron chi connectivity index (χ4n) is 1.82. The Morgan fingerprint density at radius 1 is 1.00 bits per heavy atom. The largest absolute Gasteiger partial charge is 0.445 e. The zero-order chi connectivity index (χ0) is 18.8. The summed E-state index contributed by atoms with van der Waals surface area (Å²) in [5.74, 6) is -0.815. The molecule has 0 spiro atoms. The lowest BCUT2D eigenvalue weighted by molar-refractivity contribution is -0.129. The van der Waals surface area contributed by atoms with Crippen LogP contribution in [0.5, 0.6) is 0 Å². The van der Waals surface area contributed by atoms with Crippen molar-refractivity contribution in [3.05, 3.63) is 48.6 Å². The van der Waals surface area contributed by atoms with Crippen molar-refractivity contribution >= 4 is 17.9 Å². The van der Waals surface area contributed by atoms with Gasteiger partial charge in [0.1, 0.15) is 18.7 Å². The highest BCUT2D eigenvalue weighted by Crippen LogP contribution is 2.00. The fourth-order valence-corrected chi connectivity index (χ4v) is 1.82. The molecule has 0 aromatic heterocycles. The maximum atomic E-state index is 12.0. The van der Waals surface area contributed by atoms with Crippen molar-refractivity contribution in [2.24, 2.45) is 0 Å². The SMILES string of the molecule is C=C[C@H](C)NC(=O)[C@H](C)NC(=O)[C@H](C)NC(=O)OCc1ccccc1. The minimum atomic E-state index is -0.838. The molecule has 3 amide bonds. The van der Waals surface area contributed by atoms with Crippen molar-refractivity contribution in [1.29, 1.82) is 0 Å². The third-order valence-corrected chi connectivity index (χ3v) is 3.42. The number of rotatable bonds is 8. The van der Waals surface area contributed by atoms with E-state index in [-0.39, 0.29) is 18.6 Å². The van der Waals surface area contributed by atoms with Crippen molar-refractivity contribution < 1.29 is 19.1 Å². The second kappa shape index (κ2) is 10.1. The van der Waals surface area contributed by atoms with Gasteiger partial charge < -0.3 is 20.7 Å². The van der Waals surface area contributed by atoms with Gasteiger partial charge in [-0.3, -0.25) is 9.59 Å².